The fourth-order valence-electron chi connectivity index (χ4n) is 2.05. The van der Waals surface area contributed by atoms with Crippen molar-refractivity contribution >= 4 is 21.4 Å². The van der Waals surface area contributed by atoms with Crippen LogP contribution in [0.1, 0.15) is 26.7 Å². The molecule has 0 aliphatic rings. The maximum Gasteiger partial charge on any atom is 0.242 e. The van der Waals surface area contributed by atoms with Gasteiger partial charge in [0, 0.05) is 27.2 Å². The van der Waals surface area contributed by atoms with E-state index in [4.69, 9.17) is 5.73 Å². The third kappa shape index (κ3) is 3.43. The van der Waals surface area contributed by atoms with E-state index >= 15 is 0 Å². The lowest BCUT2D eigenvalue weighted by atomic mass is 10.1. The first-order chi connectivity index (χ1) is 9.21. The molecule has 0 aliphatic carbocycles. The molecule has 114 valence electrons. The molecule has 0 radical (unpaired) electrons. The lowest BCUT2D eigenvalue weighted by Crippen LogP contribution is -2.30. The Balaban J connectivity index is 3.23. The topological polar surface area (TPSA) is 66.6 Å². The summed E-state index contributed by atoms with van der Waals surface area (Å²) < 4.78 is 25.6. The second-order valence-corrected chi connectivity index (χ2v) is 7.41. The highest BCUT2D eigenvalue weighted by molar-refractivity contribution is 7.89. The van der Waals surface area contributed by atoms with E-state index in [1.54, 1.807) is 18.2 Å². The summed E-state index contributed by atoms with van der Waals surface area (Å²) in [7, 11) is 1.55. The molecule has 1 rings (SSSR count). The summed E-state index contributed by atoms with van der Waals surface area (Å²) in [6.07, 6.45) is 2.10. The monoisotopic (exact) mass is 299 g/mol. The molecular formula is C14H25N3O2S. The fraction of sp³-hybridized carbons (Fsp3) is 0.571. The SMILES string of the molecule is CCCC(C)N(C)c1cc(S(=O)(=O)N(C)C)ccc1N. The first kappa shape index (κ1) is 16.8. The first-order valence-electron chi connectivity index (χ1n) is 6.76. The Hall–Kier alpha value is -1.27. The molecule has 5 nitrogen and oxygen atoms in total. The van der Waals surface area contributed by atoms with E-state index in [0.717, 1.165) is 18.5 Å². The van der Waals surface area contributed by atoms with Gasteiger partial charge in [-0.2, -0.15) is 0 Å². The van der Waals surface area contributed by atoms with Crippen molar-refractivity contribution in [2.75, 3.05) is 31.8 Å². The molecule has 0 aromatic heterocycles. The van der Waals surface area contributed by atoms with E-state index in [2.05, 4.69) is 13.8 Å². The van der Waals surface area contributed by atoms with Crippen LogP contribution in [-0.2, 0) is 10.0 Å². The highest BCUT2D eigenvalue weighted by atomic mass is 32.2. The van der Waals surface area contributed by atoms with E-state index in [9.17, 15) is 8.42 Å². The minimum Gasteiger partial charge on any atom is -0.397 e. The average molecular weight is 299 g/mol. The number of hydrogen-bond acceptors (Lipinski definition) is 4. The van der Waals surface area contributed by atoms with Crippen molar-refractivity contribution < 1.29 is 8.42 Å². The maximum absolute atomic E-state index is 12.2. The predicted octanol–water partition coefficient (Wildman–Crippen LogP) is 2.14. The second kappa shape index (κ2) is 6.45. The van der Waals surface area contributed by atoms with E-state index in [1.807, 2.05) is 11.9 Å². The van der Waals surface area contributed by atoms with Gasteiger partial charge >= 0.3 is 0 Å². The van der Waals surface area contributed by atoms with Crippen molar-refractivity contribution in [3.8, 4) is 0 Å². The maximum atomic E-state index is 12.2. The van der Waals surface area contributed by atoms with Crippen molar-refractivity contribution in [3.63, 3.8) is 0 Å². The third-order valence-corrected chi connectivity index (χ3v) is 5.34. The summed E-state index contributed by atoms with van der Waals surface area (Å²) in [5.41, 5.74) is 7.34. The van der Waals surface area contributed by atoms with Crippen LogP contribution in [-0.4, -0.2) is 39.9 Å². The van der Waals surface area contributed by atoms with Gasteiger partial charge in [0.25, 0.3) is 0 Å². The van der Waals surface area contributed by atoms with Crippen LogP contribution in [0.5, 0.6) is 0 Å². The van der Waals surface area contributed by atoms with Crippen molar-refractivity contribution in [2.24, 2.45) is 0 Å². The Morgan fingerprint density at radius 1 is 1.25 bits per heavy atom. The number of sulfonamides is 1. The van der Waals surface area contributed by atoms with Gasteiger partial charge in [0.05, 0.1) is 16.3 Å². The zero-order valence-electron chi connectivity index (χ0n) is 12.9. The van der Waals surface area contributed by atoms with Crippen molar-refractivity contribution in [3.05, 3.63) is 18.2 Å². The van der Waals surface area contributed by atoms with Gasteiger partial charge in [-0.1, -0.05) is 13.3 Å². The molecule has 1 aromatic carbocycles. The molecule has 0 fully saturated rings. The van der Waals surface area contributed by atoms with Gasteiger partial charge in [-0.15, -0.1) is 0 Å². The Morgan fingerprint density at radius 2 is 1.85 bits per heavy atom. The van der Waals surface area contributed by atoms with Gasteiger partial charge in [0.2, 0.25) is 10.0 Å². The quantitative estimate of drug-likeness (QED) is 0.817. The van der Waals surface area contributed by atoms with E-state index < -0.39 is 10.0 Å². The van der Waals surface area contributed by atoms with Crippen LogP contribution < -0.4 is 10.6 Å². The molecule has 6 heteroatoms. The lowest BCUT2D eigenvalue weighted by Gasteiger charge is -2.28. The van der Waals surface area contributed by atoms with Crippen molar-refractivity contribution in [2.45, 2.75) is 37.6 Å². The number of hydrogen-bond donors (Lipinski definition) is 1. The van der Waals surface area contributed by atoms with Crippen LogP contribution in [0, 0.1) is 0 Å². The zero-order chi connectivity index (χ0) is 15.5. The third-order valence-electron chi connectivity index (χ3n) is 3.53. The molecule has 0 saturated heterocycles. The highest BCUT2D eigenvalue weighted by Gasteiger charge is 2.20. The van der Waals surface area contributed by atoms with Gasteiger partial charge in [-0.05, 0) is 31.5 Å². The van der Waals surface area contributed by atoms with Crippen LogP contribution in [0.3, 0.4) is 0 Å². The van der Waals surface area contributed by atoms with E-state index in [1.165, 1.54) is 18.4 Å². The fourth-order valence-corrected chi connectivity index (χ4v) is 2.97. The Kier molecular flexibility index (Phi) is 5.42. The summed E-state index contributed by atoms with van der Waals surface area (Å²) in [6.45, 7) is 4.23. The van der Waals surface area contributed by atoms with Gasteiger partial charge in [-0.3, -0.25) is 0 Å². The number of rotatable bonds is 6. The smallest absolute Gasteiger partial charge is 0.242 e. The Labute approximate surface area is 122 Å². The van der Waals surface area contributed by atoms with Gasteiger partial charge in [0.15, 0.2) is 0 Å². The highest BCUT2D eigenvalue weighted by Crippen LogP contribution is 2.28. The number of nitrogens with zero attached hydrogens (tertiary/aromatic N) is 2. The molecule has 0 saturated carbocycles. The number of nitrogen functional groups attached to an aromatic ring is 1. The van der Waals surface area contributed by atoms with Gasteiger partial charge in [-0.25, -0.2) is 12.7 Å². The lowest BCUT2D eigenvalue weighted by molar-refractivity contribution is 0.520. The molecule has 1 atom stereocenters. The molecule has 0 bridgehead atoms. The Morgan fingerprint density at radius 3 is 2.35 bits per heavy atom. The van der Waals surface area contributed by atoms with E-state index in [0.29, 0.717) is 11.7 Å². The number of anilines is 2. The summed E-state index contributed by atoms with van der Waals surface area (Å²) in [5, 5.41) is 0. The summed E-state index contributed by atoms with van der Waals surface area (Å²) in [6, 6.07) is 5.16. The molecule has 0 heterocycles. The van der Waals surface area contributed by atoms with Gasteiger partial charge in [0.1, 0.15) is 0 Å². The van der Waals surface area contributed by atoms with Crippen LogP contribution in [0.25, 0.3) is 0 Å². The molecule has 20 heavy (non-hydrogen) atoms. The molecule has 1 aromatic rings. The van der Waals surface area contributed by atoms with E-state index in [-0.39, 0.29) is 4.90 Å². The average Bonchev–Trinajstić information content (AvgIpc) is 2.38. The normalized spacial score (nSPS) is 13.5. The van der Waals surface area contributed by atoms with Crippen LogP contribution >= 0.6 is 0 Å². The van der Waals surface area contributed by atoms with Crippen molar-refractivity contribution in [1.82, 2.24) is 4.31 Å². The largest absolute Gasteiger partial charge is 0.397 e. The zero-order valence-corrected chi connectivity index (χ0v) is 13.7. The molecular weight excluding hydrogens is 274 g/mol. The van der Waals surface area contributed by atoms with Crippen molar-refractivity contribution in [1.29, 1.82) is 0 Å². The summed E-state index contributed by atoms with van der Waals surface area (Å²) >= 11 is 0. The number of nitrogens with two attached hydrogens (primary N) is 1. The molecule has 0 aliphatic heterocycles. The minimum absolute atomic E-state index is 0.266. The van der Waals surface area contributed by atoms with Crippen LogP contribution in [0.4, 0.5) is 11.4 Å². The molecule has 0 amide bonds. The summed E-state index contributed by atoms with van der Waals surface area (Å²) in [4.78, 5) is 2.30. The first-order valence-corrected chi connectivity index (χ1v) is 8.20. The van der Waals surface area contributed by atoms with Crippen LogP contribution in [0.15, 0.2) is 23.1 Å². The summed E-state index contributed by atoms with van der Waals surface area (Å²) in [5.74, 6) is 0. The standard InChI is InChI=1S/C14H25N3O2S/c1-6-7-11(2)17(5)14-10-12(8-9-13(14)15)20(18,19)16(3)4/h8-11H,6-7,15H2,1-5H3. The minimum atomic E-state index is -3.44. The molecule has 0 spiro atoms. The van der Waals surface area contributed by atoms with Gasteiger partial charge < -0.3 is 10.6 Å². The molecule has 1 unspecified atom stereocenters. The second-order valence-electron chi connectivity index (χ2n) is 5.26. The number of benzene rings is 1. The molecule has 2 N–H and O–H groups in total. The predicted molar refractivity (Wildman–Crippen MR) is 84.5 cm³/mol. The van der Waals surface area contributed by atoms with Crippen LogP contribution in [0.2, 0.25) is 0 Å². The Bertz CT molecular complexity index is 556.